The lowest BCUT2D eigenvalue weighted by molar-refractivity contribution is -0.126. The van der Waals surface area contributed by atoms with Gasteiger partial charge < -0.3 is 20.1 Å². The van der Waals surface area contributed by atoms with E-state index in [0.717, 1.165) is 0 Å². The molecule has 0 saturated carbocycles. The molecule has 0 saturated heterocycles. The van der Waals surface area contributed by atoms with Crippen LogP contribution in [0.15, 0.2) is 65.8 Å². The number of hydrogen-bond donors (Lipinski definition) is 3. The van der Waals surface area contributed by atoms with Crippen LogP contribution < -0.4 is 25.5 Å². The molecule has 0 aromatic heterocycles. The van der Waals surface area contributed by atoms with Gasteiger partial charge >= 0.3 is 0 Å². The number of methoxy groups -OCH3 is 1. The first-order chi connectivity index (χ1) is 17.7. The number of rotatable bonds is 10. The van der Waals surface area contributed by atoms with E-state index in [4.69, 9.17) is 32.7 Å². The number of anilines is 2. The highest BCUT2D eigenvalue weighted by Crippen LogP contribution is 2.28. The summed E-state index contributed by atoms with van der Waals surface area (Å²) in [6.45, 7) is -0.377. The van der Waals surface area contributed by atoms with Crippen LogP contribution in [0.4, 0.5) is 15.8 Å². The Morgan fingerprint density at radius 2 is 1.70 bits per heavy atom. The standard InChI is InChI=1S/C25H21Cl2FN4O5/c1-36-22-10-15(6-9-21(22)37-14-25(35)31-20-5-3-2-4-19(20)28)13-29-32-24(34)12-23(33)30-16-7-8-17(26)18(27)11-16/h2-11,13H,12,14H2,1H3,(H,30,33)(H,31,35)(H,32,34). The van der Waals surface area contributed by atoms with Crippen LogP contribution in [0.25, 0.3) is 0 Å². The molecule has 12 heteroatoms. The Labute approximate surface area is 221 Å². The zero-order chi connectivity index (χ0) is 26.8. The number of para-hydroxylation sites is 1. The number of benzene rings is 3. The minimum atomic E-state index is -0.637. The van der Waals surface area contributed by atoms with Crippen LogP contribution >= 0.6 is 23.2 Å². The maximum absolute atomic E-state index is 13.7. The van der Waals surface area contributed by atoms with Crippen LogP contribution in [0.5, 0.6) is 11.5 Å². The number of carbonyl (C=O) groups excluding carboxylic acids is 3. The molecular weight excluding hydrogens is 526 g/mol. The molecule has 37 heavy (non-hydrogen) atoms. The summed E-state index contributed by atoms with van der Waals surface area (Å²) in [5.74, 6) is -1.74. The Kier molecular flexibility index (Phi) is 9.82. The third kappa shape index (κ3) is 8.48. The van der Waals surface area contributed by atoms with E-state index in [1.807, 2.05) is 0 Å². The van der Waals surface area contributed by atoms with E-state index in [1.54, 1.807) is 30.3 Å². The quantitative estimate of drug-likeness (QED) is 0.194. The number of hydrogen-bond acceptors (Lipinski definition) is 6. The lowest BCUT2D eigenvalue weighted by Crippen LogP contribution is -2.24. The van der Waals surface area contributed by atoms with Gasteiger partial charge in [-0.15, -0.1) is 0 Å². The van der Waals surface area contributed by atoms with Crippen LogP contribution in [-0.2, 0) is 14.4 Å². The van der Waals surface area contributed by atoms with Crippen molar-refractivity contribution in [2.75, 3.05) is 24.4 Å². The molecule has 3 rings (SSSR count). The molecule has 3 N–H and O–H groups in total. The van der Waals surface area contributed by atoms with Crippen LogP contribution in [0.1, 0.15) is 12.0 Å². The zero-order valence-electron chi connectivity index (χ0n) is 19.4. The van der Waals surface area contributed by atoms with E-state index in [0.29, 0.717) is 22.0 Å². The molecule has 0 spiro atoms. The number of nitrogens with one attached hydrogen (secondary N) is 3. The van der Waals surface area contributed by atoms with E-state index in [9.17, 15) is 18.8 Å². The molecule has 0 aliphatic rings. The van der Waals surface area contributed by atoms with Gasteiger partial charge in [-0.05, 0) is 54.1 Å². The van der Waals surface area contributed by atoms with Crippen molar-refractivity contribution in [1.29, 1.82) is 0 Å². The highest BCUT2D eigenvalue weighted by atomic mass is 35.5. The second-order valence-corrected chi connectivity index (χ2v) is 8.19. The van der Waals surface area contributed by atoms with Gasteiger partial charge in [0.05, 0.1) is 29.1 Å². The monoisotopic (exact) mass is 546 g/mol. The second kappa shape index (κ2) is 13.2. The average molecular weight is 547 g/mol. The van der Waals surface area contributed by atoms with Gasteiger partial charge in [-0.1, -0.05) is 35.3 Å². The lowest BCUT2D eigenvalue weighted by atomic mass is 10.2. The van der Waals surface area contributed by atoms with Gasteiger partial charge in [-0.2, -0.15) is 5.10 Å². The fraction of sp³-hybridized carbons (Fsp3) is 0.120. The fourth-order valence-electron chi connectivity index (χ4n) is 2.92. The molecule has 0 unspecified atom stereocenters. The lowest BCUT2D eigenvalue weighted by Gasteiger charge is -2.11. The normalized spacial score (nSPS) is 10.6. The maximum atomic E-state index is 13.7. The Hall–Kier alpha value is -4.15. The molecule has 0 bridgehead atoms. The number of hydrazone groups is 1. The van der Waals surface area contributed by atoms with Crippen LogP contribution in [-0.4, -0.2) is 37.7 Å². The highest BCUT2D eigenvalue weighted by Gasteiger charge is 2.12. The van der Waals surface area contributed by atoms with E-state index in [2.05, 4.69) is 21.2 Å². The van der Waals surface area contributed by atoms with Crippen molar-refractivity contribution in [2.24, 2.45) is 5.10 Å². The van der Waals surface area contributed by atoms with Crippen LogP contribution in [0.3, 0.4) is 0 Å². The number of amides is 3. The van der Waals surface area contributed by atoms with Gasteiger partial charge in [0.2, 0.25) is 11.8 Å². The summed E-state index contributed by atoms with van der Waals surface area (Å²) in [6.07, 6.45) is 0.870. The maximum Gasteiger partial charge on any atom is 0.262 e. The molecule has 0 atom stereocenters. The van der Waals surface area contributed by atoms with Crippen molar-refractivity contribution < 1.29 is 28.2 Å². The molecule has 0 heterocycles. The zero-order valence-corrected chi connectivity index (χ0v) is 20.9. The second-order valence-electron chi connectivity index (χ2n) is 7.37. The summed E-state index contributed by atoms with van der Waals surface area (Å²) in [5, 5.41) is 9.39. The average Bonchev–Trinajstić information content (AvgIpc) is 2.86. The predicted molar refractivity (Wildman–Crippen MR) is 139 cm³/mol. The minimum absolute atomic E-state index is 0.0449. The van der Waals surface area contributed by atoms with Gasteiger partial charge in [-0.25, -0.2) is 9.82 Å². The Balaban J connectivity index is 1.49. The molecule has 9 nitrogen and oxygen atoms in total. The van der Waals surface area contributed by atoms with Gasteiger partial charge in [0.15, 0.2) is 18.1 Å². The highest BCUT2D eigenvalue weighted by molar-refractivity contribution is 6.42. The van der Waals surface area contributed by atoms with Crippen molar-refractivity contribution in [2.45, 2.75) is 6.42 Å². The van der Waals surface area contributed by atoms with E-state index in [-0.39, 0.29) is 23.1 Å². The fourth-order valence-corrected chi connectivity index (χ4v) is 3.22. The summed E-state index contributed by atoms with van der Waals surface area (Å²) in [5.41, 5.74) is 3.24. The van der Waals surface area contributed by atoms with Gasteiger partial charge in [0.25, 0.3) is 5.91 Å². The molecule has 0 fully saturated rings. The summed E-state index contributed by atoms with van der Waals surface area (Å²) in [6, 6.07) is 15.0. The van der Waals surface area contributed by atoms with Crippen molar-refractivity contribution >= 4 is 58.5 Å². The van der Waals surface area contributed by atoms with Crippen molar-refractivity contribution in [3.63, 3.8) is 0 Å². The largest absolute Gasteiger partial charge is 0.493 e. The van der Waals surface area contributed by atoms with Crippen molar-refractivity contribution in [3.05, 3.63) is 82.1 Å². The molecule has 0 aliphatic carbocycles. The molecular formula is C25H21Cl2FN4O5. The minimum Gasteiger partial charge on any atom is -0.493 e. The molecule has 0 aliphatic heterocycles. The van der Waals surface area contributed by atoms with E-state index in [1.165, 1.54) is 43.7 Å². The number of halogens is 3. The molecule has 3 amide bonds. The first kappa shape index (κ1) is 27.4. The van der Waals surface area contributed by atoms with Crippen LogP contribution in [0.2, 0.25) is 10.0 Å². The summed E-state index contributed by atoms with van der Waals surface area (Å²) in [4.78, 5) is 36.1. The summed E-state index contributed by atoms with van der Waals surface area (Å²) < 4.78 is 24.4. The third-order valence-electron chi connectivity index (χ3n) is 4.62. The number of ether oxygens (including phenoxy) is 2. The van der Waals surface area contributed by atoms with E-state index >= 15 is 0 Å². The Morgan fingerprint density at radius 1 is 0.919 bits per heavy atom. The van der Waals surface area contributed by atoms with Gasteiger partial charge in [0, 0.05) is 5.69 Å². The summed E-state index contributed by atoms with van der Waals surface area (Å²) >= 11 is 11.7. The topological polar surface area (TPSA) is 118 Å². The van der Waals surface area contributed by atoms with Crippen molar-refractivity contribution in [3.8, 4) is 11.5 Å². The SMILES string of the molecule is COc1cc(C=NNC(=O)CC(=O)Nc2ccc(Cl)c(Cl)c2)ccc1OCC(=O)Nc1ccccc1F. The van der Waals surface area contributed by atoms with Gasteiger partial charge in [-0.3, -0.25) is 14.4 Å². The van der Waals surface area contributed by atoms with Gasteiger partial charge in [0.1, 0.15) is 12.2 Å². The van der Waals surface area contributed by atoms with Crippen LogP contribution in [0, 0.1) is 5.82 Å². The smallest absolute Gasteiger partial charge is 0.262 e. The first-order valence-electron chi connectivity index (χ1n) is 10.7. The summed E-state index contributed by atoms with van der Waals surface area (Å²) in [7, 11) is 1.41. The van der Waals surface area contributed by atoms with Crippen molar-refractivity contribution in [1.82, 2.24) is 5.43 Å². The number of nitrogens with zero attached hydrogens (tertiary/aromatic N) is 1. The van der Waals surface area contributed by atoms with E-state index < -0.39 is 30.0 Å². The Bertz CT molecular complexity index is 1340. The Morgan fingerprint density at radius 3 is 2.43 bits per heavy atom. The first-order valence-corrected chi connectivity index (χ1v) is 11.4. The molecule has 192 valence electrons. The predicted octanol–water partition coefficient (Wildman–Crippen LogP) is 4.64. The molecule has 0 radical (unpaired) electrons. The molecule has 3 aromatic carbocycles. The molecule has 3 aromatic rings. The third-order valence-corrected chi connectivity index (χ3v) is 5.36. The number of carbonyl (C=O) groups is 3.